The third-order valence-electron chi connectivity index (χ3n) is 2.23. The molecule has 0 atom stereocenters. The van der Waals surface area contributed by atoms with Gasteiger partial charge in [0.2, 0.25) is 0 Å². The second kappa shape index (κ2) is 4.41. The first-order valence-electron chi connectivity index (χ1n) is 4.75. The molecule has 2 rings (SSSR count). The molecule has 1 aromatic heterocycles. The van der Waals surface area contributed by atoms with E-state index in [0.29, 0.717) is 11.3 Å². The summed E-state index contributed by atoms with van der Waals surface area (Å²) in [6, 6.07) is 7.37. The fourth-order valence-electron chi connectivity index (χ4n) is 1.40. The topological polar surface area (TPSA) is 42.9 Å². The first-order valence-corrected chi connectivity index (χ1v) is 5.13. The van der Waals surface area contributed by atoms with Crippen molar-refractivity contribution in [3.8, 4) is 11.3 Å². The van der Waals surface area contributed by atoms with Crippen molar-refractivity contribution in [2.45, 2.75) is 6.92 Å². The van der Waals surface area contributed by atoms with Crippen LogP contribution in [0.15, 0.2) is 30.5 Å². The summed E-state index contributed by atoms with van der Waals surface area (Å²) in [5.41, 5.74) is 2.62. The highest BCUT2D eigenvalue weighted by Gasteiger charge is 2.03. The molecular formula is C12H9ClN2O. The minimum atomic E-state index is 0.185. The van der Waals surface area contributed by atoms with E-state index < -0.39 is 0 Å². The Morgan fingerprint density at radius 3 is 2.81 bits per heavy atom. The van der Waals surface area contributed by atoms with E-state index in [0.717, 1.165) is 16.8 Å². The zero-order valence-electron chi connectivity index (χ0n) is 8.64. The third-order valence-corrected chi connectivity index (χ3v) is 2.66. The van der Waals surface area contributed by atoms with Crippen LogP contribution in [-0.2, 0) is 0 Å². The molecule has 0 aliphatic heterocycles. The smallest absolute Gasteiger partial charge is 0.193 e. The third kappa shape index (κ3) is 2.09. The molecule has 0 aliphatic carbocycles. The van der Waals surface area contributed by atoms with Crippen molar-refractivity contribution < 1.29 is 4.79 Å². The number of aromatic nitrogens is 2. The molecule has 0 saturated heterocycles. The Morgan fingerprint density at radius 2 is 2.12 bits per heavy atom. The lowest BCUT2D eigenvalue weighted by atomic mass is 10.1. The van der Waals surface area contributed by atoms with Crippen molar-refractivity contribution in [1.29, 1.82) is 0 Å². The minimum absolute atomic E-state index is 0.185. The highest BCUT2D eigenvalue weighted by Crippen LogP contribution is 2.22. The van der Waals surface area contributed by atoms with Crippen LogP contribution in [0, 0.1) is 6.92 Å². The number of hydrogen-bond acceptors (Lipinski definition) is 3. The number of nitrogens with zero attached hydrogens (tertiary/aromatic N) is 2. The number of halogens is 1. The van der Waals surface area contributed by atoms with E-state index in [2.05, 4.69) is 9.97 Å². The van der Waals surface area contributed by atoms with Gasteiger partial charge in [0, 0.05) is 16.8 Å². The van der Waals surface area contributed by atoms with E-state index in [1.54, 1.807) is 12.3 Å². The van der Waals surface area contributed by atoms with Gasteiger partial charge in [0.15, 0.2) is 12.1 Å². The number of carbonyl (C=O) groups excluding carboxylic acids is 1. The summed E-state index contributed by atoms with van der Waals surface area (Å²) in [5, 5.41) is 0.716. The highest BCUT2D eigenvalue weighted by atomic mass is 35.5. The van der Waals surface area contributed by atoms with Crippen LogP contribution < -0.4 is 0 Å². The maximum Gasteiger partial charge on any atom is 0.193 e. The second-order valence-corrected chi connectivity index (χ2v) is 3.79. The van der Waals surface area contributed by atoms with E-state index in [4.69, 9.17) is 11.6 Å². The van der Waals surface area contributed by atoms with Crippen molar-refractivity contribution in [2.75, 3.05) is 0 Å². The van der Waals surface area contributed by atoms with Gasteiger partial charge < -0.3 is 0 Å². The number of aldehydes is 1. The Kier molecular flexibility index (Phi) is 2.97. The van der Waals surface area contributed by atoms with Gasteiger partial charge in [0.25, 0.3) is 0 Å². The van der Waals surface area contributed by atoms with Crippen LogP contribution in [0.1, 0.15) is 16.2 Å². The first kappa shape index (κ1) is 10.8. The zero-order valence-corrected chi connectivity index (χ0v) is 9.40. The molecule has 0 spiro atoms. The average molecular weight is 233 g/mol. The molecule has 4 heteroatoms. The van der Waals surface area contributed by atoms with Crippen LogP contribution in [-0.4, -0.2) is 16.3 Å². The highest BCUT2D eigenvalue weighted by molar-refractivity contribution is 6.31. The lowest BCUT2D eigenvalue weighted by molar-refractivity contribution is 0.111. The molecule has 0 N–H and O–H groups in total. The van der Waals surface area contributed by atoms with Crippen molar-refractivity contribution in [2.24, 2.45) is 0 Å². The van der Waals surface area contributed by atoms with Crippen LogP contribution in [0.3, 0.4) is 0 Å². The van der Waals surface area contributed by atoms with Crippen LogP contribution in [0.4, 0.5) is 0 Å². The summed E-state index contributed by atoms with van der Waals surface area (Å²) >= 11 is 5.94. The van der Waals surface area contributed by atoms with Gasteiger partial charge >= 0.3 is 0 Å². The molecule has 0 saturated carbocycles. The number of benzene rings is 1. The normalized spacial score (nSPS) is 10.1. The Bertz CT molecular complexity index is 540. The summed E-state index contributed by atoms with van der Waals surface area (Å²) in [6.45, 7) is 1.92. The number of rotatable bonds is 2. The lowest BCUT2D eigenvalue weighted by Gasteiger charge is -2.03. The summed E-state index contributed by atoms with van der Waals surface area (Å²) in [5.74, 6) is 0.185. The molecule has 3 nitrogen and oxygen atoms in total. The van der Waals surface area contributed by atoms with Gasteiger partial charge in [-0.1, -0.05) is 17.7 Å². The monoisotopic (exact) mass is 232 g/mol. The molecule has 2 aromatic rings. The van der Waals surface area contributed by atoms with Crippen molar-refractivity contribution in [3.05, 3.63) is 46.9 Å². The van der Waals surface area contributed by atoms with E-state index in [-0.39, 0.29) is 5.82 Å². The standard InChI is InChI=1S/C12H9ClN2O/c1-8-6-9(2-3-10(8)13)11-4-5-14-12(7-16)15-11/h2-7H,1H3. The van der Waals surface area contributed by atoms with Gasteiger partial charge in [-0.05, 0) is 30.7 Å². The number of hydrogen-bond donors (Lipinski definition) is 0. The van der Waals surface area contributed by atoms with Gasteiger partial charge in [0.1, 0.15) is 0 Å². The minimum Gasteiger partial charge on any atom is -0.294 e. The predicted molar refractivity (Wildman–Crippen MR) is 62.6 cm³/mol. The first-order chi connectivity index (χ1) is 7.70. The van der Waals surface area contributed by atoms with E-state index in [1.807, 2.05) is 25.1 Å². The van der Waals surface area contributed by atoms with E-state index >= 15 is 0 Å². The van der Waals surface area contributed by atoms with Gasteiger partial charge in [-0.3, -0.25) is 4.79 Å². The van der Waals surface area contributed by atoms with Gasteiger partial charge in [-0.15, -0.1) is 0 Å². The molecule has 80 valence electrons. The quantitative estimate of drug-likeness (QED) is 0.748. The number of aryl methyl sites for hydroxylation is 1. The summed E-state index contributed by atoms with van der Waals surface area (Å²) in [6.07, 6.45) is 2.20. The summed E-state index contributed by atoms with van der Waals surface area (Å²) in [4.78, 5) is 18.5. The molecule has 0 unspecified atom stereocenters. The molecule has 0 bridgehead atoms. The van der Waals surface area contributed by atoms with Gasteiger partial charge in [-0.25, -0.2) is 9.97 Å². The Labute approximate surface area is 98.1 Å². The molecule has 0 radical (unpaired) electrons. The largest absolute Gasteiger partial charge is 0.294 e. The second-order valence-electron chi connectivity index (χ2n) is 3.38. The zero-order chi connectivity index (χ0) is 11.5. The summed E-state index contributed by atoms with van der Waals surface area (Å²) < 4.78 is 0. The number of carbonyl (C=O) groups is 1. The fraction of sp³-hybridized carbons (Fsp3) is 0.0833. The molecule has 0 fully saturated rings. The molecule has 16 heavy (non-hydrogen) atoms. The van der Waals surface area contributed by atoms with Gasteiger partial charge in [0.05, 0.1) is 5.69 Å². The summed E-state index contributed by atoms with van der Waals surface area (Å²) in [7, 11) is 0. The SMILES string of the molecule is Cc1cc(-c2ccnc(C=O)n2)ccc1Cl. The molecular weight excluding hydrogens is 224 g/mol. The van der Waals surface area contributed by atoms with Crippen LogP contribution >= 0.6 is 11.6 Å². The molecule has 0 amide bonds. The maximum atomic E-state index is 10.6. The Balaban J connectivity index is 2.49. The molecule has 1 aromatic carbocycles. The predicted octanol–water partition coefficient (Wildman–Crippen LogP) is 2.92. The van der Waals surface area contributed by atoms with Crippen LogP contribution in [0.2, 0.25) is 5.02 Å². The lowest BCUT2D eigenvalue weighted by Crippen LogP contribution is -1.94. The van der Waals surface area contributed by atoms with E-state index in [1.165, 1.54) is 0 Å². The van der Waals surface area contributed by atoms with Crippen molar-refractivity contribution in [1.82, 2.24) is 9.97 Å². The van der Waals surface area contributed by atoms with Crippen molar-refractivity contribution in [3.63, 3.8) is 0 Å². The Hall–Kier alpha value is -1.74. The average Bonchev–Trinajstić information content (AvgIpc) is 2.33. The van der Waals surface area contributed by atoms with Gasteiger partial charge in [-0.2, -0.15) is 0 Å². The maximum absolute atomic E-state index is 10.6. The van der Waals surface area contributed by atoms with Crippen LogP contribution in [0.25, 0.3) is 11.3 Å². The molecule has 1 heterocycles. The Morgan fingerprint density at radius 1 is 1.31 bits per heavy atom. The molecule has 0 aliphatic rings. The van der Waals surface area contributed by atoms with Crippen LogP contribution in [0.5, 0.6) is 0 Å². The van der Waals surface area contributed by atoms with E-state index in [9.17, 15) is 4.79 Å². The fourth-order valence-corrected chi connectivity index (χ4v) is 1.51. The van der Waals surface area contributed by atoms with Crippen molar-refractivity contribution >= 4 is 17.9 Å².